The van der Waals surface area contributed by atoms with Gasteiger partial charge in [0.15, 0.2) is 0 Å². The first-order valence-corrected chi connectivity index (χ1v) is 7.14. The van der Waals surface area contributed by atoms with Gasteiger partial charge in [0.05, 0.1) is 26.3 Å². The number of morpholine rings is 1. The van der Waals surface area contributed by atoms with E-state index in [1.165, 1.54) is 5.56 Å². The van der Waals surface area contributed by atoms with Crippen LogP contribution in [-0.2, 0) is 17.8 Å². The van der Waals surface area contributed by atoms with E-state index in [0.29, 0.717) is 0 Å². The fourth-order valence-electron chi connectivity index (χ4n) is 2.45. The lowest BCUT2D eigenvalue weighted by atomic mass is 10.0. The molecule has 0 bridgehead atoms. The van der Waals surface area contributed by atoms with Gasteiger partial charge in [0, 0.05) is 12.1 Å². The second-order valence-corrected chi connectivity index (χ2v) is 5.89. The summed E-state index contributed by atoms with van der Waals surface area (Å²) in [6.45, 7) is 13.9. The van der Waals surface area contributed by atoms with Crippen molar-refractivity contribution in [2.45, 2.75) is 46.3 Å². The average molecular weight is 266 g/mol. The number of hydrogen-bond acceptors (Lipinski definition) is 4. The molecule has 1 saturated heterocycles. The molecule has 2 heterocycles. The van der Waals surface area contributed by atoms with Gasteiger partial charge in [0.2, 0.25) is 0 Å². The molecule has 19 heavy (non-hydrogen) atoms. The zero-order chi connectivity index (χ0) is 13.9. The maximum atomic E-state index is 5.97. The second kappa shape index (κ2) is 6.07. The molecular weight excluding hydrogens is 240 g/mol. The van der Waals surface area contributed by atoms with Crippen LogP contribution < -0.4 is 5.32 Å². The van der Waals surface area contributed by atoms with E-state index in [2.05, 4.69) is 44.0 Å². The number of aryl methyl sites for hydroxylation is 1. The third kappa shape index (κ3) is 3.59. The van der Waals surface area contributed by atoms with E-state index < -0.39 is 0 Å². The minimum atomic E-state index is 0.0841. The predicted molar refractivity (Wildman–Crippen MR) is 76.1 cm³/mol. The van der Waals surface area contributed by atoms with Crippen molar-refractivity contribution in [1.82, 2.24) is 10.2 Å². The molecule has 0 aromatic carbocycles. The zero-order valence-electron chi connectivity index (χ0n) is 12.6. The Morgan fingerprint density at radius 3 is 2.89 bits per heavy atom. The van der Waals surface area contributed by atoms with Crippen molar-refractivity contribution in [2.75, 3.05) is 26.3 Å². The normalized spacial score (nSPS) is 19.8. The maximum absolute atomic E-state index is 5.97. The molecule has 1 aromatic rings. The van der Waals surface area contributed by atoms with Gasteiger partial charge >= 0.3 is 0 Å². The summed E-state index contributed by atoms with van der Waals surface area (Å²) in [5.41, 5.74) is 1.32. The van der Waals surface area contributed by atoms with Crippen LogP contribution in [0.3, 0.4) is 0 Å². The molecule has 1 fully saturated rings. The maximum Gasteiger partial charge on any atom is 0.120 e. The van der Waals surface area contributed by atoms with Crippen LogP contribution in [0.4, 0.5) is 0 Å². The molecule has 108 valence electrons. The molecule has 0 saturated carbocycles. The Labute approximate surface area is 116 Å². The van der Waals surface area contributed by atoms with E-state index >= 15 is 0 Å². The molecule has 0 aliphatic carbocycles. The van der Waals surface area contributed by atoms with Crippen molar-refractivity contribution >= 4 is 0 Å². The Bertz CT molecular complexity index is 412. The lowest BCUT2D eigenvalue weighted by Gasteiger charge is -2.41. The smallest absolute Gasteiger partial charge is 0.120 e. The second-order valence-electron chi connectivity index (χ2n) is 5.89. The largest absolute Gasteiger partial charge is 0.463 e. The molecule has 0 unspecified atom stereocenters. The molecule has 1 N–H and O–H groups in total. The van der Waals surface area contributed by atoms with Crippen LogP contribution in [-0.4, -0.2) is 36.7 Å². The van der Waals surface area contributed by atoms with Crippen LogP contribution in [0, 0.1) is 6.92 Å². The van der Waals surface area contributed by atoms with Gasteiger partial charge in [-0.25, -0.2) is 0 Å². The van der Waals surface area contributed by atoms with Crippen molar-refractivity contribution in [3.8, 4) is 0 Å². The van der Waals surface area contributed by atoms with E-state index in [-0.39, 0.29) is 5.54 Å². The van der Waals surface area contributed by atoms with Gasteiger partial charge in [-0.1, -0.05) is 6.92 Å². The molecular formula is C15H26N2O2. The lowest BCUT2D eigenvalue weighted by molar-refractivity contribution is -0.0578. The summed E-state index contributed by atoms with van der Waals surface area (Å²) in [5, 5.41) is 3.31. The average Bonchev–Trinajstić information content (AvgIpc) is 2.70. The third-order valence-electron chi connectivity index (χ3n) is 3.77. The predicted octanol–water partition coefficient (Wildman–Crippen LogP) is 2.31. The van der Waals surface area contributed by atoms with Crippen molar-refractivity contribution in [2.24, 2.45) is 0 Å². The van der Waals surface area contributed by atoms with Crippen LogP contribution >= 0.6 is 0 Å². The molecule has 1 aliphatic rings. The summed E-state index contributed by atoms with van der Waals surface area (Å²) in [4.78, 5) is 2.44. The minimum Gasteiger partial charge on any atom is -0.463 e. The first-order valence-electron chi connectivity index (χ1n) is 7.14. The van der Waals surface area contributed by atoms with Gasteiger partial charge < -0.3 is 14.5 Å². The summed E-state index contributed by atoms with van der Waals surface area (Å²) in [6.07, 6.45) is 0. The topological polar surface area (TPSA) is 37.6 Å². The first kappa shape index (κ1) is 14.6. The van der Waals surface area contributed by atoms with Crippen molar-refractivity contribution in [3.05, 3.63) is 23.2 Å². The summed E-state index contributed by atoms with van der Waals surface area (Å²) >= 11 is 0. The number of nitrogens with one attached hydrogen (secondary N) is 1. The van der Waals surface area contributed by atoms with Gasteiger partial charge in [0.25, 0.3) is 0 Å². The Kier molecular flexibility index (Phi) is 4.66. The summed E-state index contributed by atoms with van der Waals surface area (Å²) in [7, 11) is 0. The van der Waals surface area contributed by atoms with E-state index in [4.69, 9.17) is 9.15 Å². The van der Waals surface area contributed by atoms with Crippen molar-refractivity contribution < 1.29 is 9.15 Å². The summed E-state index contributed by atoms with van der Waals surface area (Å²) in [5.74, 6) is 2.11. The van der Waals surface area contributed by atoms with Crippen LogP contribution in [0.15, 0.2) is 10.5 Å². The molecule has 0 radical (unpaired) electrons. The van der Waals surface area contributed by atoms with E-state index in [1.807, 2.05) is 0 Å². The fraction of sp³-hybridized carbons (Fsp3) is 0.733. The monoisotopic (exact) mass is 266 g/mol. The van der Waals surface area contributed by atoms with E-state index in [0.717, 1.165) is 50.9 Å². The number of hydrogen-bond donors (Lipinski definition) is 1. The van der Waals surface area contributed by atoms with Crippen LogP contribution in [0.1, 0.15) is 37.9 Å². The number of ether oxygens (including phenoxy) is 1. The fourth-order valence-corrected chi connectivity index (χ4v) is 2.45. The van der Waals surface area contributed by atoms with Gasteiger partial charge in [0.1, 0.15) is 11.5 Å². The summed E-state index contributed by atoms with van der Waals surface area (Å²) < 4.78 is 11.5. The standard InChI is InChI=1S/C15H26N2O2/c1-5-16-9-14-12(2)8-13(19-14)10-17-6-7-18-11-15(17,3)4/h8,16H,5-7,9-11H2,1-4H3. The van der Waals surface area contributed by atoms with Gasteiger partial charge in [-0.2, -0.15) is 0 Å². The van der Waals surface area contributed by atoms with Crippen LogP contribution in [0.25, 0.3) is 0 Å². The molecule has 1 aliphatic heterocycles. The molecule has 1 aromatic heterocycles. The van der Waals surface area contributed by atoms with Crippen LogP contribution in [0.5, 0.6) is 0 Å². The third-order valence-corrected chi connectivity index (χ3v) is 3.77. The van der Waals surface area contributed by atoms with Gasteiger partial charge in [-0.15, -0.1) is 0 Å². The molecule has 2 rings (SSSR count). The molecule has 0 spiro atoms. The number of nitrogens with zero attached hydrogens (tertiary/aromatic N) is 1. The zero-order valence-corrected chi connectivity index (χ0v) is 12.6. The Morgan fingerprint density at radius 2 is 2.21 bits per heavy atom. The lowest BCUT2D eigenvalue weighted by Crippen LogP contribution is -2.52. The van der Waals surface area contributed by atoms with Gasteiger partial charge in [-0.3, -0.25) is 4.90 Å². The SMILES string of the molecule is CCNCc1oc(CN2CCOCC2(C)C)cc1C. The number of furan rings is 1. The molecule has 4 heteroatoms. The quantitative estimate of drug-likeness (QED) is 0.887. The first-order chi connectivity index (χ1) is 9.03. The van der Waals surface area contributed by atoms with E-state index in [1.54, 1.807) is 0 Å². The number of rotatable bonds is 5. The van der Waals surface area contributed by atoms with Crippen molar-refractivity contribution in [3.63, 3.8) is 0 Å². The van der Waals surface area contributed by atoms with Crippen LogP contribution in [0.2, 0.25) is 0 Å². The summed E-state index contributed by atoms with van der Waals surface area (Å²) in [6, 6.07) is 2.16. The molecule has 0 amide bonds. The Morgan fingerprint density at radius 1 is 1.42 bits per heavy atom. The van der Waals surface area contributed by atoms with E-state index in [9.17, 15) is 0 Å². The molecule has 0 atom stereocenters. The Balaban J connectivity index is 2.02. The highest BCUT2D eigenvalue weighted by Gasteiger charge is 2.31. The highest BCUT2D eigenvalue weighted by Crippen LogP contribution is 2.23. The highest BCUT2D eigenvalue weighted by atomic mass is 16.5. The Hall–Kier alpha value is -0.840. The van der Waals surface area contributed by atoms with Gasteiger partial charge in [-0.05, 0) is 38.9 Å². The minimum absolute atomic E-state index is 0.0841. The molecule has 4 nitrogen and oxygen atoms in total. The van der Waals surface area contributed by atoms with Crippen molar-refractivity contribution in [1.29, 1.82) is 0 Å². The highest BCUT2D eigenvalue weighted by molar-refractivity contribution is 5.20.